The van der Waals surface area contributed by atoms with Gasteiger partial charge in [-0.25, -0.2) is 0 Å². The average molecular weight is 675 g/mol. The average Bonchev–Trinajstić information content (AvgIpc) is 3.09. The summed E-state index contributed by atoms with van der Waals surface area (Å²) in [5.74, 6) is -0.208. The second-order valence-corrected chi connectivity index (χ2v) is 14.1. The molecule has 48 heavy (non-hydrogen) atoms. The van der Waals surface area contributed by atoms with Crippen LogP contribution >= 0.6 is 0 Å². The predicted octanol–water partition coefficient (Wildman–Crippen LogP) is 13.7. The number of carbonyl (C=O) groups is 1. The van der Waals surface area contributed by atoms with Gasteiger partial charge in [-0.1, -0.05) is 172 Å². The highest BCUT2D eigenvalue weighted by molar-refractivity contribution is 5.69. The van der Waals surface area contributed by atoms with Gasteiger partial charge in [-0.05, 0) is 70.6 Å². The molecule has 0 heterocycles. The first-order valence-corrected chi connectivity index (χ1v) is 21.1. The lowest BCUT2D eigenvalue weighted by atomic mass is 10.1. The Morgan fingerprint density at radius 1 is 0.500 bits per heavy atom. The monoisotopic (exact) mass is 675 g/mol. The van der Waals surface area contributed by atoms with E-state index in [4.69, 9.17) is 9.47 Å². The molecule has 0 rings (SSSR count). The zero-order valence-electron chi connectivity index (χ0n) is 32.3. The summed E-state index contributed by atoms with van der Waals surface area (Å²) in [5, 5.41) is 9.59. The smallest absolute Gasteiger partial charge is 0.306 e. The molecule has 0 aliphatic carbocycles. The number of unbranched alkanes of at least 4 members (excludes halogenated alkanes) is 25. The van der Waals surface area contributed by atoms with Crippen molar-refractivity contribution in [2.24, 2.45) is 0 Å². The minimum Gasteiger partial charge on any atom is -0.457 e. The molecule has 1 atom stereocenters. The highest BCUT2D eigenvalue weighted by Crippen LogP contribution is 2.13. The molecule has 0 aromatic carbocycles. The fraction of sp³-hybridized carbons (Fsp3) is 0.841. The Labute approximate surface area is 300 Å². The Morgan fingerprint density at radius 2 is 0.875 bits per heavy atom. The summed E-state index contributed by atoms with van der Waals surface area (Å²) in [6, 6.07) is 0. The summed E-state index contributed by atoms with van der Waals surface area (Å²) in [6.45, 7) is 5.33. The van der Waals surface area contributed by atoms with E-state index in [0.29, 0.717) is 19.6 Å². The van der Waals surface area contributed by atoms with Crippen LogP contribution in [0.2, 0.25) is 0 Å². The summed E-state index contributed by atoms with van der Waals surface area (Å²) in [7, 11) is 0. The summed E-state index contributed by atoms with van der Waals surface area (Å²) in [4.78, 5) is 12.2. The molecule has 0 aliphatic rings. The van der Waals surface area contributed by atoms with Crippen molar-refractivity contribution in [3.63, 3.8) is 0 Å². The van der Waals surface area contributed by atoms with Crippen molar-refractivity contribution in [2.45, 2.75) is 219 Å². The van der Waals surface area contributed by atoms with E-state index < -0.39 is 6.10 Å². The van der Waals surface area contributed by atoms with E-state index >= 15 is 0 Å². The van der Waals surface area contributed by atoms with Crippen molar-refractivity contribution < 1.29 is 19.4 Å². The number of ether oxygens (including phenoxy) is 2. The van der Waals surface area contributed by atoms with E-state index in [9.17, 15) is 9.90 Å². The van der Waals surface area contributed by atoms with Gasteiger partial charge in [0, 0.05) is 13.0 Å². The fourth-order valence-electron chi connectivity index (χ4n) is 6.00. The van der Waals surface area contributed by atoms with Gasteiger partial charge in [-0.15, -0.1) is 0 Å². The van der Waals surface area contributed by atoms with Crippen molar-refractivity contribution in [1.29, 1.82) is 0 Å². The molecule has 282 valence electrons. The molecule has 0 amide bonds. The topological polar surface area (TPSA) is 55.8 Å². The van der Waals surface area contributed by atoms with Gasteiger partial charge in [0.15, 0.2) is 0 Å². The Hall–Kier alpha value is -1.39. The number of aliphatic hydroxyl groups excluding tert-OH is 1. The SMILES string of the molecule is CCCCCC/C=C\C/C=C\CCCCCCCCCC(=O)OC(CO)COCCCCCCCCCC/C=C\CCCCCCCC. The second kappa shape index (κ2) is 41.8. The van der Waals surface area contributed by atoms with Gasteiger partial charge in [0.25, 0.3) is 0 Å². The van der Waals surface area contributed by atoms with E-state index in [2.05, 4.69) is 50.3 Å². The van der Waals surface area contributed by atoms with Gasteiger partial charge in [0.1, 0.15) is 6.10 Å². The van der Waals surface area contributed by atoms with Gasteiger partial charge >= 0.3 is 5.97 Å². The van der Waals surface area contributed by atoms with E-state index in [0.717, 1.165) is 25.7 Å². The molecule has 4 nitrogen and oxygen atoms in total. The molecule has 0 aromatic rings. The van der Waals surface area contributed by atoms with Gasteiger partial charge in [-0.2, -0.15) is 0 Å². The lowest BCUT2D eigenvalue weighted by Crippen LogP contribution is -2.27. The zero-order valence-corrected chi connectivity index (χ0v) is 32.3. The van der Waals surface area contributed by atoms with Crippen LogP contribution in [0.5, 0.6) is 0 Å². The molecular weight excluding hydrogens is 592 g/mol. The first kappa shape index (κ1) is 46.6. The van der Waals surface area contributed by atoms with Gasteiger partial charge in [0.05, 0.1) is 13.2 Å². The largest absolute Gasteiger partial charge is 0.457 e. The van der Waals surface area contributed by atoms with Gasteiger partial charge < -0.3 is 14.6 Å². The van der Waals surface area contributed by atoms with Crippen LogP contribution < -0.4 is 0 Å². The Kier molecular flexibility index (Phi) is 40.6. The maximum Gasteiger partial charge on any atom is 0.306 e. The Bertz CT molecular complexity index is 713. The standard InChI is InChI=1S/C44H82O4/c1-3-5-7-9-11-13-15-17-19-21-23-25-27-29-31-33-35-37-39-44(46)48-43(41-45)42-47-40-38-36-34-32-30-28-26-24-22-20-18-16-14-12-10-8-6-4-2/h13,15,18-21,43,45H,3-12,14,16-17,22-42H2,1-2H3/b15-13-,20-18-,21-19-. The molecule has 1 N–H and O–H groups in total. The molecule has 0 bridgehead atoms. The third-order valence-corrected chi connectivity index (χ3v) is 9.19. The van der Waals surface area contributed by atoms with Crippen LogP contribution in [0, 0.1) is 0 Å². The third-order valence-electron chi connectivity index (χ3n) is 9.19. The summed E-state index contributed by atoms with van der Waals surface area (Å²) < 4.78 is 11.2. The lowest BCUT2D eigenvalue weighted by molar-refractivity contribution is -0.154. The molecule has 0 spiro atoms. The number of aliphatic hydroxyl groups is 1. The minimum atomic E-state index is -0.538. The fourth-order valence-corrected chi connectivity index (χ4v) is 6.00. The first-order valence-electron chi connectivity index (χ1n) is 21.1. The number of hydrogen-bond acceptors (Lipinski definition) is 4. The van der Waals surface area contributed by atoms with Crippen molar-refractivity contribution in [3.8, 4) is 0 Å². The number of esters is 1. The van der Waals surface area contributed by atoms with Crippen molar-refractivity contribution in [3.05, 3.63) is 36.5 Å². The molecule has 0 aliphatic heterocycles. The third kappa shape index (κ3) is 39.1. The van der Waals surface area contributed by atoms with E-state index in [1.807, 2.05) is 0 Å². The van der Waals surface area contributed by atoms with Crippen molar-refractivity contribution >= 4 is 5.97 Å². The van der Waals surface area contributed by atoms with Crippen LogP contribution in [0.1, 0.15) is 213 Å². The second-order valence-electron chi connectivity index (χ2n) is 14.1. The van der Waals surface area contributed by atoms with Crippen LogP contribution in [0.3, 0.4) is 0 Å². The number of carbonyl (C=O) groups excluding carboxylic acids is 1. The number of allylic oxidation sites excluding steroid dienone is 6. The summed E-state index contributed by atoms with van der Waals surface area (Å²) >= 11 is 0. The normalized spacial score (nSPS) is 12.6. The van der Waals surface area contributed by atoms with Crippen molar-refractivity contribution in [2.75, 3.05) is 19.8 Å². The summed E-state index contributed by atoms with van der Waals surface area (Å²) in [5.41, 5.74) is 0. The van der Waals surface area contributed by atoms with Crippen LogP contribution in [0.4, 0.5) is 0 Å². The Morgan fingerprint density at radius 3 is 1.33 bits per heavy atom. The molecule has 0 aromatic heterocycles. The highest BCUT2D eigenvalue weighted by Gasteiger charge is 2.13. The number of hydrogen-bond donors (Lipinski definition) is 1. The molecule has 0 fully saturated rings. The van der Waals surface area contributed by atoms with Crippen LogP contribution in [0.15, 0.2) is 36.5 Å². The molecule has 4 heteroatoms. The maximum atomic E-state index is 12.2. The zero-order chi connectivity index (χ0) is 34.9. The Balaban J connectivity index is 3.44. The molecule has 0 saturated heterocycles. The summed E-state index contributed by atoms with van der Waals surface area (Å²) in [6.07, 6.45) is 51.9. The quantitative estimate of drug-likeness (QED) is 0.0400. The minimum absolute atomic E-state index is 0.175. The molecule has 1 unspecified atom stereocenters. The highest BCUT2D eigenvalue weighted by atomic mass is 16.6. The van der Waals surface area contributed by atoms with Crippen LogP contribution in [-0.4, -0.2) is 37.0 Å². The number of rotatable bonds is 39. The molecular formula is C44H82O4. The van der Waals surface area contributed by atoms with E-state index in [1.165, 1.54) is 167 Å². The lowest BCUT2D eigenvalue weighted by Gasteiger charge is -2.16. The first-order chi connectivity index (χ1) is 23.7. The van der Waals surface area contributed by atoms with E-state index in [1.54, 1.807) is 0 Å². The van der Waals surface area contributed by atoms with Gasteiger partial charge in [0.2, 0.25) is 0 Å². The predicted molar refractivity (Wildman–Crippen MR) is 210 cm³/mol. The maximum absolute atomic E-state index is 12.2. The van der Waals surface area contributed by atoms with E-state index in [-0.39, 0.29) is 12.6 Å². The van der Waals surface area contributed by atoms with Gasteiger partial charge in [-0.3, -0.25) is 4.79 Å². The van der Waals surface area contributed by atoms with Crippen LogP contribution in [-0.2, 0) is 14.3 Å². The molecule has 0 radical (unpaired) electrons. The van der Waals surface area contributed by atoms with Crippen LogP contribution in [0.25, 0.3) is 0 Å². The van der Waals surface area contributed by atoms with Crippen molar-refractivity contribution in [1.82, 2.24) is 0 Å². The molecule has 0 saturated carbocycles.